The van der Waals surface area contributed by atoms with E-state index in [-0.39, 0.29) is 6.61 Å². The number of aliphatic hydroxyl groups excluding tert-OH is 1. The van der Waals surface area contributed by atoms with E-state index in [9.17, 15) is 5.11 Å². The first kappa shape index (κ1) is 19.3. The molecule has 1 fully saturated rings. The van der Waals surface area contributed by atoms with Crippen LogP contribution in [0.25, 0.3) is 0 Å². The molecule has 1 heterocycles. The van der Waals surface area contributed by atoms with Gasteiger partial charge in [0.1, 0.15) is 18.5 Å². The van der Waals surface area contributed by atoms with E-state index in [1.54, 1.807) is 12.1 Å². The Morgan fingerprint density at radius 3 is 2.19 bits per heavy atom. The number of hydrogen-bond donors (Lipinski definition) is 2. The van der Waals surface area contributed by atoms with Crippen molar-refractivity contribution in [1.29, 1.82) is 0 Å². The van der Waals surface area contributed by atoms with Gasteiger partial charge in [-0.25, -0.2) is 0 Å². The number of aliphatic hydroxyl groups is 1. The molecule has 1 saturated heterocycles. The van der Waals surface area contributed by atoms with Crippen molar-refractivity contribution in [3.05, 3.63) is 58.6 Å². The molecule has 140 valence electrons. The number of rotatable bonds is 7. The van der Waals surface area contributed by atoms with Crippen molar-refractivity contribution in [2.75, 3.05) is 31.6 Å². The molecule has 1 aliphatic rings. The average Bonchev–Trinajstić information content (AvgIpc) is 2.65. The number of β-amino-alcohol motifs (C(OH)–C–C–N with tert-alkyl or cyclic N) is 1. The summed E-state index contributed by atoms with van der Waals surface area (Å²) in [4.78, 5) is 2.29. The van der Waals surface area contributed by atoms with Crippen LogP contribution in [0, 0.1) is 0 Å². The lowest BCUT2D eigenvalue weighted by Crippen LogP contribution is -2.43. The molecule has 0 spiro atoms. The zero-order valence-corrected chi connectivity index (χ0v) is 16.1. The molecular weight excluding hydrogens is 371 g/mol. The van der Waals surface area contributed by atoms with Crippen LogP contribution in [0.2, 0.25) is 10.0 Å². The van der Waals surface area contributed by atoms with Crippen LogP contribution in [-0.2, 0) is 0 Å². The lowest BCUT2D eigenvalue weighted by molar-refractivity contribution is 0.0605. The van der Waals surface area contributed by atoms with Gasteiger partial charge in [-0.15, -0.1) is 0 Å². The zero-order chi connectivity index (χ0) is 18.4. The van der Waals surface area contributed by atoms with E-state index in [2.05, 4.69) is 10.2 Å². The molecule has 0 aliphatic carbocycles. The quantitative estimate of drug-likeness (QED) is 0.734. The molecule has 1 unspecified atom stereocenters. The van der Waals surface area contributed by atoms with Gasteiger partial charge in [0.05, 0.1) is 0 Å². The number of ether oxygens (including phenoxy) is 1. The molecule has 0 amide bonds. The Hall–Kier alpha value is -1.46. The molecule has 1 aliphatic heterocycles. The lowest BCUT2D eigenvalue weighted by atomic mass is 10.0. The number of halogens is 2. The van der Waals surface area contributed by atoms with E-state index in [1.165, 1.54) is 0 Å². The predicted molar refractivity (Wildman–Crippen MR) is 107 cm³/mol. The molecule has 0 aromatic heterocycles. The number of benzene rings is 2. The highest BCUT2D eigenvalue weighted by Crippen LogP contribution is 2.19. The third-order valence-corrected chi connectivity index (χ3v) is 5.03. The Morgan fingerprint density at radius 1 is 1.00 bits per heavy atom. The van der Waals surface area contributed by atoms with Crippen LogP contribution < -0.4 is 10.1 Å². The fourth-order valence-electron chi connectivity index (χ4n) is 3.12. The van der Waals surface area contributed by atoms with Gasteiger partial charge in [0, 0.05) is 41.4 Å². The van der Waals surface area contributed by atoms with Crippen molar-refractivity contribution < 1.29 is 9.84 Å². The fraction of sp³-hybridized carbons (Fsp3) is 0.400. The molecule has 0 saturated carbocycles. The van der Waals surface area contributed by atoms with Gasteiger partial charge in [0.25, 0.3) is 0 Å². The first-order chi connectivity index (χ1) is 12.6. The minimum atomic E-state index is -0.508. The van der Waals surface area contributed by atoms with Crippen molar-refractivity contribution in [3.8, 4) is 5.75 Å². The Balaban J connectivity index is 1.36. The van der Waals surface area contributed by atoms with Gasteiger partial charge in [0.2, 0.25) is 0 Å². The van der Waals surface area contributed by atoms with Crippen LogP contribution in [0.3, 0.4) is 0 Å². The maximum absolute atomic E-state index is 10.2. The Kier molecular flexibility index (Phi) is 7.03. The van der Waals surface area contributed by atoms with Crippen LogP contribution in [0.5, 0.6) is 5.75 Å². The first-order valence-electron chi connectivity index (χ1n) is 8.89. The topological polar surface area (TPSA) is 44.7 Å². The minimum absolute atomic E-state index is 0.282. The molecule has 26 heavy (non-hydrogen) atoms. The van der Waals surface area contributed by atoms with Crippen LogP contribution in [0.15, 0.2) is 48.5 Å². The van der Waals surface area contributed by atoms with Gasteiger partial charge in [-0.1, -0.05) is 23.2 Å². The Labute approximate surface area is 164 Å². The van der Waals surface area contributed by atoms with Gasteiger partial charge >= 0.3 is 0 Å². The Morgan fingerprint density at radius 2 is 1.58 bits per heavy atom. The molecule has 0 radical (unpaired) electrons. The van der Waals surface area contributed by atoms with Crippen molar-refractivity contribution in [2.45, 2.75) is 25.0 Å². The predicted octanol–water partition coefficient (Wildman–Crippen LogP) is 4.31. The summed E-state index contributed by atoms with van der Waals surface area (Å²) in [6.45, 7) is 2.83. The lowest BCUT2D eigenvalue weighted by Gasteiger charge is -2.33. The number of nitrogens with one attached hydrogen (secondary N) is 1. The monoisotopic (exact) mass is 394 g/mol. The van der Waals surface area contributed by atoms with Crippen molar-refractivity contribution in [3.63, 3.8) is 0 Å². The molecule has 4 nitrogen and oxygen atoms in total. The van der Waals surface area contributed by atoms with E-state index in [0.717, 1.165) is 42.4 Å². The van der Waals surface area contributed by atoms with E-state index in [1.807, 2.05) is 36.4 Å². The first-order valence-corrected chi connectivity index (χ1v) is 9.65. The summed E-state index contributed by atoms with van der Waals surface area (Å²) in [5.41, 5.74) is 1.10. The van der Waals surface area contributed by atoms with E-state index >= 15 is 0 Å². The normalized spacial score (nSPS) is 17.0. The van der Waals surface area contributed by atoms with E-state index in [4.69, 9.17) is 27.9 Å². The highest BCUT2D eigenvalue weighted by molar-refractivity contribution is 6.30. The second kappa shape index (κ2) is 9.47. The maximum Gasteiger partial charge on any atom is 0.119 e. The number of piperidine rings is 1. The van der Waals surface area contributed by atoms with Crippen LogP contribution >= 0.6 is 23.2 Å². The summed E-state index contributed by atoms with van der Waals surface area (Å²) in [5, 5.41) is 15.2. The number of anilines is 1. The molecule has 3 rings (SSSR count). The maximum atomic E-state index is 10.2. The third-order valence-electron chi connectivity index (χ3n) is 4.53. The van der Waals surface area contributed by atoms with Gasteiger partial charge < -0.3 is 20.1 Å². The Bertz CT molecular complexity index is 671. The van der Waals surface area contributed by atoms with E-state index < -0.39 is 6.10 Å². The van der Waals surface area contributed by atoms with Gasteiger partial charge in [0.15, 0.2) is 0 Å². The SMILES string of the molecule is OC(COc1ccc(Cl)cc1)CN1CCC(Nc2ccc(Cl)cc2)CC1. The van der Waals surface area contributed by atoms with E-state index in [0.29, 0.717) is 17.6 Å². The molecule has 6 heteroatoms. The summed E-state index contributed by atoms with van der Waals surface area (Å²) >= 11 is 11.8. The van der Waals surface area contributed by atoms with Gasteiger partial charge in [-0.2, -0.15) is 0 Å². The van der Waals surface area contributed by atoms with Crippen LogP contribution in [0.1, 0.15) is 12.8 Å². The van der Waals surface area contributed by atoms with Gasteiger partial charge in [-0.05, 0) is 61.4 Å². The van der Waals surface area contributed by atoms with Crippen molar-refractivity contribution in [2.24, 2.45) is 0 Å². The summed E-state index contributed by atoms with van der Waals surface area (Å²) in [6.07, 6.45) is 1.59. The number of likely N-dealkylation sites (tertiary alicyclic amines) is 1. The average molecular weight is 395 g/mol. The number of nitrogens with zero attached hydrogens (tertiary/aromatic N) is 1. The molecule has 0 bridgehead atoms. The van der Waals surface area contributed by atoms with Gasteiger partial charge in [-0.3, -0.25) is 0 Å². The summed E-state index contributed by atoms with van der Waals surface area (Å²) in [7, 11) is 0. The highest BCUT2D eigenvalue weighted by atomic mass is 35.5. The summed E-state index contributed by atoms with van der Waals surface area (Å²) < 4.78 is 5.62. The highest BCUT2D eigenvalue weighted by Gasteiger charge is 2.21. The second-order valence-corrected chi connectivity index (χ2v) is 7.52. The minimum Gasteiger partial charge on any atom is -0.491 e. The third kappa shape index (κ3) is 6.06. The molecule has 2 N–H and O–H groups in total. The molecular formula is C20H24Cl2N2O2. The molecule has 2 aromatic carbocycles. The molecule has 2 aromatic rings. The molecule has 1 atom stereocenters. The van der Waals surface area contributed by atoms with Crippen LogP contribution in [-0.4, -0.2) is 48.4 Å². The standard InChI is InChI=1S/C20H24Cl2N2O2/c21-15-1-5-17(6-2-15)23-18-9-11-24(12-10-18)13-19(25)14-26-20-7-3-16(22)4-8-20/h1-8,18-19,23,25H,9-14H2. The fourth-order valence-corrected chi connectivity index (χ4v) is 3.37. The number of hydrogen-bond acceptors (Lipinski definition) is 4. The largest absolute Gasteiger partial charge is 0.491 e. The zero-order valence-electron chi connectivity index (χ0n) is 14.6. The van der Waals surface area contributed by atoms with Crippen molar-refractivity contribution in [1.82, 2.24) is 4.90 Å². The second-order valence-electron chi connectivity index (χ2n) is 6.64. The summed E-state index contributed by atoms with van der Waals surface area (Å²) in [6, 6.07) is 15.4. The summed E-state index contributed by atoms with van der Waals surface area (Å²) in [5.74, 6) is 0.722. The smallest absolute Gasteiger partial charge is 0.119 e. The van der Waals surface area contributed by atoms with Crippen LogP contribution in [0.4, 0.5) is 5.69 Å². The van der Waals surface area contributed by atoms with Crippen molar-refractivity contribution >= 4 is 28.9 Å².